The normalized spacial score (nSPS) is 18.0. The molecule has 3 aromatic carbocycles. The van der Waals surface area contributed by atoms with Gasteiger partial charge in [0.1, 0.15) is 12.6 Å². The van der Waals surface area contributed by atoms with E-state index in [1.54, 1.807) is 0 Å². The van der Waals surface area contributed by atoms with Gasteiger partial charge in [-0.15, -0.1) is 0 Å². The third-order valence-corrected chi connectivity index (χ3v) is 8.47. The Hall–Kier alpha value is -4.86. The van der Waals surface area contributed by atoms with E-state index in [4.69, 9.17) is 14.7 Å². The van der Waals surface area contributed by atoms with Gasteiger partial charge < -0.3 is 19.6 Å². The molecule has 1 atom stereocenters. The largest absolute Gasteiger partial charge is 0.465 e. The number of amides is 3. The fourth-order valence-corrected chi connectivity index (χ4v) is 6.18. The SMILES string of the molecule is O=C(ONC(=O)[C@@H]1Cc2ccccc2CN1C(=O)OCC1c2ccccc2-c2ccccc21)C1CCN(C(=O)O)CC1. The van der Waals surface area contributed by atoms with Crippen LogP contribution in [0.5, 0.6) is 0 Å². The zero-order valence-corrected chi connectivity index (χ0v) is 22.9. The third-order valence-electron chi connectivity index (χ3n) is 8.47. The van der Waals surface area contributed by atoms with Crippen molar-refractivity contribution in [2.75, 3.05) is 19.7 Å². The molecular weight excluding hydrogens is 538 g/mol. The summed E-state index contributed by atoms with van der Waals surface area (Å²) < 4.78 is 5.87. The fourth-order valence-electron chi connectivity index (χ4n) is 6.18. The summed E-state index contributed by atoms with van der Waals surface area (Å²) in [6, 6.07) is 22.8. The molecule has 0 bridgehead atoms. The second-order valence-corrected chi connectivity index (χ2v) is 10.9. The number of nitrogens with one attached hydrogen (secondary N) is 1. The number of benzene rings is 3. The minimum Gasteiger partial charge on any atom is -0.465 e. The third kappa shape index (κ3) is 5.27. The van der Waals surface area contributed by atoms with Crippen LogP contribution in [-0.2, 0) is 32.1 Å². The first-order valence-corrected chi connectivity index (χ1v) is 14.1. The van der Waals surface area contributed by atoms with Crippen molar-refractivity contribution in [1.82, 2.24) is 15.3 Å². The molecule has 2 aliphatic heterocycles. The van der Waals surface area contributed by atoms with Crippen molar-refractivity contribution < 1.29 is 33.9 Å². The molecular formula is C32H31N3O7. The monoisotopic (exact) mass is 569 g/mol. The molecule has 2 N–H and O–H groups in total. The van der Waals surface area contributed by atoms with Crippen LogP contribution in [0.15, 0.2) is 72.8 Å². The van der Waals surface area contributed by atoms with E-state index in [0.717, 1.165) is 33.4 Å². The molecule has 216 valence electrons. The summed E-state index contributed by atoms with van der Waals surface area (Å²) in [6.45, 7) is 0.728. The lowest BCUT2D eigenvalue weighted by atomic mass is 9.94. The van der Waals surface area contributed by atoms with Gasteiger partial charge in [-0.05, 0) is 46.2 Å². The molecule has 10 nitrogen and oxygen atoms in total. The number of fused-ring (bicyclic) bond motifs is 4. The molecule has 2 heterocycles. The Morgan fingerprint density at radius 2 is 1.43 bits per heavy atom. The van der Waals surface area contributed by atoms with Crippen LogP contribution in [0.3, 0.4) is 0 Å². The second kappa shape index (κ2) is 11.6. The molecule has 0 spiro atoms. The van der Waals surface area contributed by atoms with Crippen LogP contribution < -0.4 is 5.48 Å². The van der Waals surface area contributed by atoms with Crippen molar-refractivity contribution >= 4 is 24.1 Å². The van der Waals surface area contributed by atoms with E-state index in [1.807, 2.05) is 60.7 Å². The maximum Gasteiger partial charge on any atom is 0.410 e. The number of hydroxylamine groups is 1. The van der Waals surface area contributed by atoms with Crippen molar-refractivity contribution in [1.29, 1.82) is 0 Å². The maximum absolute atomic E-state index is 13.5. The quantitative estimate of drug-likeness (QED) is 0.448. The van der Waals surface area contributed by atoms with Crippen molar-refractivity contribution in [2.24, 2.45) is 5.92 Å². The molecule has 1 fully saturated rings. The van der Waals surface area contributed by atoms with E-state index in [9.17, 15) is 19.2 Å². The molecule has 6 rings (SSSR count). The Morgan fingerprint density at radius 3 is 2.07 bits per heavy atom. The first-order chi connectivity index (χ1) is 20.4. The maximum atomic E-state index is 13.5. The molecule has 10 heteroatoms. The molecule has 3 amide bonds. The van der Waals surface area contributed by atoms with Crippen LogP contribution in [0.4, 0.5) is 9.59 Å². The lowest BCUT2D eigenvalue weighted by Gasteiger charge is -2.35. The lowest BCUT2D eigenvalue weighted by molar-refractivity contribution is -0.165. The van der Waals surface area contributed by atoms with Crippen LogP contribution in [-0.4, -0.2) is 64.7 Å². The summed E-state index contributed by atoms with van der Waals surface area (Å²) in [5.74, 6) is -1.91. The first kappa shape index (κ1) is 27.3. The Morgan fingerprint density at radius 1 is 0.833 bits per heavy atom. The highest BCUT2D eigenvalue weighted by Crippen LogP contribution is 2.44. The van der Waals surface area contributed by atoms with Crippen LogP contribution in [0.1, 0.15) is 41.0 Å². The van der Waals surface area contributed by atoms with Gasteiger partial charge in [0, 0.05) is 25.4 Å². The van der Waals surface area contributed by atoms with Crippen molar-refractivity contribution in [3.8, 4) is 11.1 Å². The summed E-state index contributed by atoms with van der Waals surface area (Å²) in [6.07, 6.45) is -0.798. The average Bonchev–Trinajstić information content (AvgIpc) is 3.35. The number of hydrogen-bond donors (Lipinski definition) is 2. The van der Waals surface area contributed by atoms with E-state index >= 15 is 0 Å². The summed E-state index contributed by atoms with van der Waals surface area (Å²) in [5, 5.41) is 9.12. The minimum atomic E-state index is -1.03. The number of carboxylic acid groups (broad SMARTS) is 1. The number of rotatable bonds is 4. The molecule has 42 heavy (non-hydrogen) atoms. The van der Waals surface area contributed by atoms with E-state index < -0.39 is 36.0 Å². The van der Waals surface area contributed by atoms with Gasteiger partial charge in [-0.25, -0.2) is 14.4 Å². The molecule has 0 radical (unpaired) electrons. The van der Waals surface area contributed by atoms with Gasteiger partial charge in [0.2, 0.25) is 0 Å². The highest BCUT2D eigenvalue weighted by atomic mass is 16.7. The second-order valence-electron chi connectivity index (χ2n) is 10.9. The topological polar surface area (TPSA) is 125 Å². The van der Waals surface area contributed by atoms with E-state index in [2.05, 4.69) is 17.6 Å². The zero-order valence-electron chi connectivity index (χ0n) is 22.9. The van der Waals surface area contributed by atoms with E-state index in [-0.39, 0.29) is 38.6 Å². The Kier molecular flexibility index (Phi) is 7.52. The summed E-state index contributed by atoms with van der Waals surface area (Å²) in [4.78, 5) is 58.4. The van der Waals surface area contributed by atoms with Gasteiger partial charge in [-0.1, -0.05) is 72.8 Å². The van der Waals surface area contributed by atoms with Gasteiger partial charge in [0.15, 0.2) is 0 Å². The summed E-state index contributed by atoms with van der Waals surface area (Å²) in [7, 11) is 0. The predicted molar refractivity (Wildman–Crippen MR) is 151 cm³/mol. The van der Waals surface area contributed by atoms with Crippen molar-refractivity contribution in [3.05, 3.63) is 95.1 Å². The number of likely N-dealkylation sites (tertiary alicyclic amines) is 1. The Balaban J connectivity index is 1.13. The molecule has 0 saturated carbocycles. The molecule has 0 aromatic heterocycles. The molecule has 1 aliphatic carbocycles. The standard InChI is InChI=1S/C32H31N3O7/c36-29(33-42-30(37)20-13-15-34(16-14-20)31(38)39)28-17-21-7-1-2-8-22(21)18-35(28)32(40)41-19-27-25-11-5-3-9-23(25)24-10-4-6-12-26(24)27/h1-12,20,27-28H,13-19H2,(H,33,36)(H,38,39)/t28-/m0/s1. The van der Waals surface area contributed by atoms with Gasteiger partial charge in [-0.2, -0.15) is 5.48 Å². The van der Waals surface area contributed by atoms with Crippen molar-refractivity contribution in [2.45, 2.75) is 37.8 Å². The van der Waals surface area contributed by atoms with Gasteiger partial charge >= 0.3 is 18.2 Å². The summed E-state index contributed by atoms with van der Waals surface area (Å²) in [5.41, 5.74) is 8.51. The van der Waals surface area contributed by atoms with Gasteiger partial charge in [0.25, 0.3) is 5.91 Å². The predicted octanol–water partition coefficient (Wildman–Crippen LogP) is 4.33. The molecule has 1 saturated heterocycles. The summed E-state index contributed by atoms with van der Waals surface area (Å²) >= 11 is 0. The lowest BCUT2D eigenvalue weighted by Crippen LogP contribution is -2.53. The minimum absolute atomic E-state index is 0.114. The van der Waals surface area contributed by atoms with E-state index in [1.165, 1.54) is 9.80 Å². The zero-order chi connectivity index (χ0) is 29.2. The number of nitrogens with zero attached hydrogens (tertiary/aromatic N) is 2. The van der Waals surface area contributed by atoms with Gasteiger partial charge in [-0.3, -0.25) is 9.69 Å². The average molecular weight is 570 g/mol. The smallest absolute Gasteiger partial charge is 0.410 e. The first-order valence-electron chi connectivity index (χ1n) is 14.1. The highest BCUT2D eigenvalue weighted by Gasteiger charge is 2.38. The fraction of sp³-hybridized carbons (Fsp3) is 0.312. The molecule has 3 aliphatic rings. The molecule has 0 unspecified atom stereocenters. The number of carbonyl (C=O) groups is 4. The number of carbonyl (C=O) groups excluding carboxylic acids is 3. The van der Waals surface area contributed by atoms with Gasteiger partial charge in [0.05, 0.1) is 12.5 Å². The number of hydrogen-bond acceptors (Lipinski definition) is 6. The highest BCUT2D eigenvalue weighted by molar-refractivity contribution is 5.87. The van der Waals surface area contributed by atoms with Crippen LogP contribution in [0.25, 0.3) is 11.1 Å². The van der Waals surface area contributed by atoms with Crippen LogP contribution in [0, 0.1) is 5.92 Å². The number of ether oxygens (including phenoxy) is 1. The Labute approximate surface area is 242 Å². The van der Waals surface area contributed by atoms with Crippen LogP contribution in [0.2, 0.25) is 0 Å². The number of piperidine rings is 1. The molecule has 3 aromatic rings. The van der Waals surface area contributed by atoms with Crippen LogP contribution >= 0.6 is 0 Å². The van der Waals surface area contributed by atoms with E-state index in [0.29, 0.717) is 12.8 Å². The van der Waals surface area contributed by atoms with Crippen molar-refractivity contribution in [3.63, 3.8) is 0 Å². The Bertz CT molecular complexity index is 1490.